The maximum Gasteiger partial charge on any atom is 0.253 e. The molecule has 144 valence electrons. The molecule has 0 aromatic carbocycles. The van der Waals surface area contributed by atoms with Crippen molar-refractivity contribution in [2.45, 2.75) is 45.4 Å². The Labute approximate surface area is 159 Å². The first-order valence-electron chi connectivity index (χ1n) is 9.21. The van der Waals surface area contributed by atoms with Gasteiger partial charge in [0.05, 0.1) is 24.9 Å². The molecular weight excluding hydrogens is 346 g/mol. The van der Waals surface area contributed by atoms with Crippen LogP contribution in [0.25, 0.3) is 0 Å². The van der Waals surface area contributed by atoms with Gasteiger partial charge >= 0.3 is 0 Å². The first-order valence-corrected chi connectivity index (χ1v) is 9.21. The monoisotopic (exact) mass is 371 g/mol. The maximum atomic E-state index is 12.4. The van der Waals surface area contributed by atoms with Gasteiger partial charge in [-0.05, 0) is 26.0 Å². The Morgan fingerprint density at radius 2 is 2.07 bits per heavy atom. The van der Waals surface area contributed by atoms with E-state index < -0.39 is 0 Å². The molecule has 1 aliphatic heterocycles. The minimum atomic E-state index is -0.209. The van der Waals surface area contributed by atoms with Gasteiger partial charge in [0.2, 0.25) is 11.8 Å². The Kier molecular flexibility index (Phi) is 6.59. The molecule has 27 heavy (non-hydrogen) atoms. The standard InChI is InChI=1S/C20H25N3O4/c1-14(2)26-20-16(4-3-9-21-20)13-23-19(24)15-5-6-18(22-12-15)27-17-7-10-25-11-8-17/h3-6,9,12,14,17H,7-8,10-11,13H2,1-2H3,(H,23,24). The fourth-order valence-electron chi connectivity index (χ4n) is 2.71. The normalized spacial score (nSPS) is 14.8. The van der Waals surface area contributed by atoms with E-state index in [1.807, 2.05) is 26.0 Å². The van der Waals surface area contributed by atoms with Crippen LogP contribution < -0.4 is 14.8 Å². The molecule has 1 N–H and O–H groups in total. The summed E-state index contributed by atoms with van der Waals surface area (Å²) < 4.78 is 16.8. The second-order valence-electron chi connectivity index (χ2n) is 6.63. The molecule has 1 aliphatic rings. The molecule has 0 spiro atoms. The number of nitrogens with zero attached hydrogens (tertiary/aromatic N) is 2. The molecule has 7 nitrogen and oxygen atoms in total. The lowest BCUT2D eigenvalue weighted by Crippen LogP contribution is -2.26. The Balaban J connectivity index is 1.55. The van der Waals surface area contributed by atoms with E-state index in [-0.39, 0.29) is 18.1 Å². The summed E-state index contributed by atoms with van der Waals surface area (Å²) in [5, 5.41) is 2.87. The van der Waals surface area contributed by atoms with Gasteiger partial charge in [-0.1, -0.05) is 6.07 Å². The number of pyridine rings is 2. The average Bonchev–Trinajstić information content (AvgIpc) is 2.68. The highest BCUT2D eigenvalue weighted by atomic mass is 16.5. The van der Waals surface area contributed by atoms with Crippen molar-refractivity contribution in [2.75, 3.05) is 13.2 Å². The second kappa shape index (κ2) is 9.32. The van der Waals surface area contributed by atoms with E-state index >= 15 is 0 Å². The molecule has 0 aliphatic carbocycles. The summed E-state index contributed by atoms with van der Waals surface area (Å²) in [5.41, 5.74) is 1.30. The molecule has 1 saturated heterocycles. The zero-order chi connectivity index (χ0) is 19.1. The molecule has 2 aromatic heterocycles. The molecule has 0 saturated carbocycles. The van der Waals surface area contributed by atoms with Crippen molar-refractivity contribution in [3.8, 4) is 11.8 Å². The van der Waals surface area contributed by atoms with Crippen LogP contribution in [0, 0.1) is 0 Å². The van der Waals surface area contributed by atoms with Crippen LogP contribution in [0.3, 0.4) is 0 Å². The SMILES string of the molecule is CC(C)Oc1ncccc1CNC(=O)c1ccc(OC2CCOCC2)nc1. The van der Waals surface area contributed by atoms with Gasteiger partial charge in [0.25, 0.3) is 5.91 Å². The number of rotatable bonds is 7. The van der Waals surface area contributed by atoms with E-state index in [2.05, 4.69) is 15.3 Å². The maximum absolute atomic E-state index is 12.4. The highest BCUT2D eigenvalue weighted by molar-refractivity contribution is 5.93. The van der Waals surface area contributed by atoms with Crippen molar-refractivity contribution >= 4 is 5.91 Å². The minimum Gasteiger partial charge on any atom is -0.475 e. The molecular formula is C20H25N3O4. The number of hydrogen-bond acceptors (Lipinski definition) is 6. The Hall–Kier alpha value is -2.67. The topological polar surface area (TPSA) is 82.6 Å². The molecule has 1 amide bonds. The second-order valence-corrected chi connectivity index (χ2v) is 6.63. The average molecular weight is 371 g/mol. The molecule has 3 rings (SSSR count). The first-order chi connectivity index (χ1) is 13.1. The van der Waals surface area contributed by atoms with Crippen LogP contribution in [0.2, 0.25) is 0 Å². The Bertz CT molecular complexity index is 743. The molecule has 0 bridgehead atoms. The van der Waals surface area contributed by atoms with Crippen molar-refractivity contribution in [1.29, 1.82) is 0 Å². The molecule has 0 radical (unpaired) electrons. The van der Waals surface area contributed by atoms with Crippen molar-refractivity contribution in [2.24, 2.45) is 0 Å². The van der Waals surface area contributed by atoms with E-state index in [0.29, 0.717) is 37.1 Å². The molecule has 7 heteroatoms. The largest absolute Gasteiger partial charge is 0.475 e. The fourth-order valence-corrected chi connectivity index (χ4v) is 2.71. The zero-order valence-corrected chi connectivity index (χ0v) is 15.7. The quantitative estimate of drug-likeness (QED) is 0.806. The van der Waals surface area contributed by atoms with Crippen molar-refractivity contribution in [1.82, 2.24) is 15.3 Å². The Morgan fingerprint density at radius 3 is 2.78 bits per heavy atom. The third-order valence-corrected chi connectivity index (χ3v) is 4.09. The van der Waals surface area contributed by atoms with Crippen LogP contribution >= 0.6 is 0 Å². The predicted octanol–water partition coefficient (Wildman–Crippen LogP) is 2.75. The highest BCUT2D eigenvalue weighted by Crippen LogP contribution is 2.17. The summed E-state index contributed by atoms with van der Waals surface area (Å²) in [7, 11) is 0. The van der Waals surface area contributed by atoms with Crippen molar-refractivity contribution in [3.63, 3.8) is 0 Å². The van der Waals surface area contributed by atoms with E-state index in [1.54, 1.807) is 18.3 Å². The van der Waals surface area contributed by atoms with Gasteiger partial charge in [-0.25, -0.2) is 9.97 Å². The number of carbonyl (C=O) groups is 1. The smallest absolute Gasteiger partial charge is 0.253 e. The van der Waals surface area contributed by atoms with Crippen LogP contribution in [-0.4, -0.2) is 41.3 Å². The van der Waals surface area contributed by atoms with E-state index in [0.717, 1.165) is 18.4 Å². The first kappa shape index (κ1) is 19.1. The predicted molar refractivity (Wildman–Crippen MR) is 99.9 cm³/mol. The number of hydrogen-bond donors (Lipinski definition) is 1. The van der Waals surface area contributed by atoms with Gasteiger partial charge in [-0.3, -0.25) is 4.79 Å². The Morgan fingerprint density at radius 1 is 1.26 bits per heavy atom. The van der Waals surface area contributed by atoms with E-state index in [1.165, 1.54) is 6.20 Å². The summed E-state index contributed by atoms with van der Waals surface area (Å²) >= 11 is 0. The lowest BCUT2D eigenvalue weighted by Gasteiger charge is -2.22. The molecule has 0 atom stereocenters. The van der Waals surface area contributed by atoms with Crippen molar-refractivity contribution < 1.29 is 19.0 Å². The van der Waals surface area contributed by atoms with E-state index in [4.69, 9.17) is 14.2 Å². The third-order valence-electron chi connectivity index (χ3n) is 4.09. The zero-order valence-electron chi connectivity index (χ0n) is 15.7. The van der Waals surface area contributed by atoms with Gasteiger partial charge in [0.1, 0.15) is 6.10 Å². The summed E-state index contributed by atoms with van der Waals surface area (Å²) in [6, 6.07) is 7.14. The summed E-state index contributed by atoms with van der Waals surface area (Å²) in [6.07, 6.45) is 5.05. The fraction of sp³-hybridized carbons (Fsp3) is 0.450. The summed E-state index contributed by atoms with van der Waals surface area (Å²) in [5.74, 6) is 0.851. The van der Waals surface area contributed by atoms with Crippen LogP contribution in [0.15, 0.2) is 36.7 Å². The number of nitrogens with one attached hydrogen (secondary N) is 1. The highest BCUT2D eigenvalue weighted by Gasteiger charge is 2.16. The third kappa shape index (κ3) is 5.65. The number of carbonyl (C=O) groups excluding carboxylic acids is 1. The number of ether oxygens (including phenoxy) is 3. The molecule has 1 fully saturated rings. The van der Waals surface area contributed by atoms with Gasteiger partial charge in [0.15, 0.2) is 0 Å². The summed E-state index contributed by atoms with van der Waals surface area (Å²) in [4.78, 5) is 20.9. The lowest BCUT2D eigenvalue weighted by atomic mass is 10.1. The van der Waals surface area contributed by atoms with Crippen LogP contribution in [-0.2, 0) is 11.3 Å². The van der Waals surface area contributed by atoms with Gasteiger partial charge in [-0.2, -0.15) is 0 Å². The number of amides is 1. The lowest BCUT2D eigenvalue weighted by molar-refractivity contribution is 0.0237. The number of aromatic nitrogens is 2. The van der Waals surface area contributed by atoms with Crippen LogP contribution in [0.5, 0.6) is 11.8 Å². The van der Waals surface area contributed by atoms with Gasteiger partial charge in [0, 0.05) is 43.4 Å². The summed E-state index contributed by atoms with van der Waals surface area (Å²) in [6.45, 7) is 5.62. The van der Waals surface area contributed by atoms with Crippen molar-refractivity contribution in [3.05, 3.63) is 47.8 Å². The van der Waals surface area contributed by atoms with Crippen LogP contribution in [0.4, 0.5) is 0 Å². The van der Waals surface area contributed by atoms with E-state index in [9.17, 15) is 4.79 Å². The minimum absolute atomic E-state index is 0.0156. The van der Waals surface area contributed by atoms with Gasteiger partial charge < -0.3 is 19.5 Å². The van der Waals surface area contributed by atoms with Gasteiger partial charge in [-0.15, -0.1) is 0 Å². The molecule has 3 heterocycles. The molecule has 2 aromatic rings. The molecule has 0 unspecified atom stereocenters. The van der Waals surface area contributed by atoms with Crippen LogP contribution in [0.1, 0.15) is 42.6 Å².